The summed E-state index contributed by atoms with van der Waals surface area (Å²) in [6.07, 6.45) is 0. The van der Waals surface area contributed by atoms with Crippen LogP contribution in [0.3, 0.4) is 0 Å². The lowest BCUT2D eigenvalue weighted by Gasteiger charge is -2.17. The summed E-state index contributed by atoms with van der Waals surface area (Å²) in [4.78, 5) is -0.00221. The summed E-state index contributed by atoms with van der Waals surface area (Å²) in [6, 6.07) is 4.31. The lowest BCUT2D eigenvalue weighted by atomic mass is 10.4. The molecule has 0 atom stereocenters. The van der Waals surface area contributed by atoms with Crippen molar-refractivity contribution in [2.24, 2.45) is 5.73 Å². The Labute approximate surface area is 105 Å². The number of likely N-dealkylation sites (N-methyl/N-ethyl adjacent to an activating group) is 1. The van der Waals surface area contributed by atoms with Gasteiger partial charge in [-0.1, -0.05) is 23.2 Å². The van der Waals surface area contributed by atoms with Gasteiger partial charge in [0.05, 0.1) is 5.02 Å². The molecule has 0 aromatic heterocycles. The number of nitrogens with zero attached hydrogens (tertiary/aromatic N) is 1. The molecule has 0 heterocycles. The van der Waals surface area contributed by atoms with Gasteiger partial charge in [-0.15, -0.1) is 0 Å². The first-order valence-corrected chi connectivity index (χ1v) is 6.70. The second-order valence-corrected chi connectivity index (χ2v) is 6.05. The van der Waals surface area contributed by atoms with Gasteiger partial charge in [-0.3, -0.25) is 0 Å². The van der Waals surface area contributed by atoms with Gasteiger partial charge in [0.1, 0.15) is 4.90 Å². The van der Waals surface area contributed by atoms with Crippen molar-refractivity contribution in [1.29, 1.82) is 0 Å². The molecule has 2 N–H and O–H groups in total. The van der Waals surface area contributed by atoms with Crippen molar-refractivity contribution in [3.05, 3.63) is 28.2 Å². The third-order valence-electron chi connectivity index (χ3n) is 2.03. The minimum absolute atomic E-state index is 0.00221. The number of hydrogen-bond acceptors (Lipinski definition) is 3. The van der Waals surface area contributed by atoms with Crippen LogP contribution in [0.25, 0.3) is 0 Å². The van der Waals surface area contributed by atoms with Crippen LogP contribution in [0, 0.1) is 0 Å². The second kappa shape index (κ2) is 5.33. The summed E-state index contributed by atoms with van der Waals surface area (Å²) in [5, 5.41) is 0.470. The van der Waals surface area contributed by atoms with E-state index in [4.69, 9.17) is 28.9 Å². The summed E-state index contributed by atoms with van der Waals surface area (Å²) in [5.41, 5.74) is 5.31. The fourth-order valence-electron chi connectivity index (χ4n) is 1.14. The van der Waals surface area contributed by atoms with Gasteiger partial charge in [-0.05, 0) is 18.2 Å². The molecular formula is C9H12Cl2N2O2S. The Morgan fingerprint density at radius 2 is 2.00 bits per heavy atom. The SMILES string of the molecule is CN(CCN)S(=O)(=O)c1cc(Cl)ccc1Cl. The Kier molecular flexibility index (Phi) is 4.58. The maximum Gasteiger partial charge on any atom is 0.244 e. The fraction of sp³-hybridized carbons (Fsp3) is 0.333. The maximum atomic E-state index is 12.0. The number of halogens is 2. The van der Waals surface area contributed by atoms with Crippen LogP contribution < -0.4 is 5.73 Å². The largest absolute Gasteiger partial charge is 0.329 e. The number of hydrogen-bond donors (Lipinski definition) is 1. The molecule has 0 saturated carbocycles. The molecule has 0 aliphatic rings. The number of sulfonamides is 1. The average Bonchev–Trinajstić information content (AvgIpc) is 2.22. The maximum absolute atomic E-state index is 12.0. The van der Waals surface area contributed by atoms with E-state index < -0.39 is 10.0 Å². The van der Waals surface area contributed by atoms with Crippen LogP contribution in [-0.2, 0) is 10.0 Å². The van der Waals surface area contributed by atoms with Gasteiger partial charge in [0.15, 0.2) is 0 Å². The molecule has 1 aromatic rings. The molecule has 0 aliphatic heterocycles. The number of rotatable bonds is 4. The molecule has 0 unspecified atom stereocenters. The van der Waals surface area contributed by atoms with Gasteiger partial charge in [0.25, 0.3) is 0 Å². The molecule has 0 amide bonds. The van der Waals surface area contributed by atoms with Gasteiger partial charge in [0.2, 0.25) is 10.0 Å². The third-order valence-corrected chi connectivity index (χ3v) is 4.60. The summed E-state index contributed by atoms with van der Waals surface area (Å²) < 4.78 is 25.2. The van der Waals surface area contributed by atoms with Crippen molar-refractivity contribution in [2.45, 2.75) is 4.90 Å². The fourth-order valence-corrected chi connectivity index (χ4v) is 3.06. The molecule has 0 bridgehead atoms. The Morgan fingerprint density at radius 3 is 2.56 bits per heavy atom. The standard InChI is InChI=1S/C9H12Cl2N2O2S/c1-13(5-4-12)16(14,15)9-6-7(10)2-3-8(9)11/h2-3,6H,4-5,12H2,1H3. The van der Waals surface area contributed by atoms with Gasteiger partial charge in [0, 0.05) is 25.2 Å². The lowest BCUT2D eigenvalue weighted by Crippen LogP contribution is -2.31. The monoisotopic (exact) mass is 282 g/mol. The molecule has 90 valence electrons. The summed E-state index contributed by atoms with van der Waals surface area (Å²) in [7, 11) is -2.17. The smallest absolute Gasteiger partial charge is 0.244 e. The van der Waals surface area contributed by atoms with Crippen LogP contribution in [0.5, 0.6) is 0 Å². The highest BCUT2D eigenvalue weighted by atomic mass is 35.5. The molecule has 0 saturated heterocycles. The lowest BCUT2D eigenvalue weighted by molar-refractivity contribution is 0.476. The van der Waals surface area contributed by atoms with Crippen LogP contribution in [-0.4, -0.2) is 32.9 Å². The van der Waals surface area contributed by atoms with E-state index in [1.165, 1.54) is 25.2 Å². The summed E-state index contributed by atoms with van der Waals surface area (Å²) in [6.45, 7) is 0.471. The van der Waals surface area contributed by atoms with E-state index in [0.717, 1.165) is 4.31 Å². The van der Waals surface area contributed by atoms with Crippen LogP contribution >= 0.6 is 23.2 Å². The van der Waals surface area contributed by atoms with E-state index in [9.17, 15) is 8.42 Å². The van der Waals surface area contributed by atoms with E-state index in [1.807, 2.05) is 0 Å². The van der Waals surface area contributed by atoms with Crippen LogP contribution in [0.15, 0.2) is 23.1 Å². The van der Waals surface area contributed by atoms with Gasteiger partial charge < -0.3 is 5.73 Å². The molecular weight excluding hydrogens is 271 g/mol. The van der Waals surface area contributed by atoms with E-state index in [0.29, 0.717) is 5.02 Å². The van der Waals surface area contributed by atoms with Crippen molar-refractivity contribution >= 4 is 33.2 Å². The van der Waals surface area contributed by atoms with Crippen LogP contribution in [0.1, 0.15) is 0 Å². The average molecular weight is 283 g/mol. The van der Waals surface area contributed by atoms with Crippen molar-refractivity contribution in [1.82, 2.24) is 4.31 Å². The highest BCUT2D eigenvalue weighted by Crippen LogP contribution is 2.26. The zero-order valence-electron chi connectivity index (χ0n) is 8.65. The highest BCUT2D eigenvalue weighted by molar-refractivity contribution is 7.89. The van der Waals surface area contributed by atoms with E-state index in [2.05, 4.69) is 0 Å². The minimum atomic E-state index is -3.62. The van der Waals surface area contributed by atoms with E-state index >= 15 is 0 Å². The molecule has 1 rings (SSSR count). The molecule has 0 fully saturated rings. The molecule has 16 heavy (non-hydrogen) atoms. The Bertz CT molecular complexity index is 476. The van der Waals surface area contributed by atoms with Crippen molar-refractivity contribution < 1.29 is 8.42 Å². The Hall–Kier alpha value is -0.330. The zero-order valence-corrected chi connectivity index (χ0v) is 11.0. The first-order chi connectivity index (χ1) is 7.39. The summed E-state index contributed by atoms with van der Waals surface area (Å²) in [5.74, 6) is 0. The molecule has 0 radical (unpaired) electrons. The minimum Gasteiger partial charge on any atom is -0.329 e. The quantitative estimate of drug-likeness (QED) is 0.912. The number of benzene rings is 1. The zero-order chi connectivity index (χ0) is 12.3. The molecule has 4 nitrogen and oxygen atoms in total. The van der Waals surface area contributed by atoms with Gasteiger partial charge in [-0.25, -0.2) is 8.42 Å². The van der Waals surface area contributed by atoms with Crippen LogP contribution in [0.4, 0.5) is 0 Å². The van der Waals surface area contributed by atoms with Gasteiger partial charge >= 0.3 is 0 Å². The summed E-state index contributed by atoms with van der Waals surface area (Å²) >= 11 is 11.6. The van der Waals surface area contributed by atoms with Crippen molar-refractivity contribution in [3.63, 3.8) is 0 Å². The third kappa shape index (κ3) is 2.87. The highest BCUT2D eigenvalue weighted by Gasteiger charge is 2.23. The predicted molar refractivity (Wildman–Crippen MR) is 65.3 cm³/mol. The molecule has 1 aromatic carbocycles. The van der Waals surface area contributed by atoms with Gasteiger partial charge in [-0.2, -0.15) is 4.31 Å². The first kappa shape index (κ1) is 13.7. The molecule has 0 aliphatic carbocycles. The van der Waals surface area contributed by atoms with E-state index in [1.54, 1.807) is 0 Å². The number of nitrogens with two attached hydrogens (primary N) is 1. The second-order valence-electron chi connectivity index (χ2n) is 3.19. The van der Waals surface area contributed by atoms with Crippen LogP contribution in [0.2, 0.25) is 10.0 Å². The molecule has 7 heteroatoms. The topological polar surface area (TPSA) is 63.4 Å². The predicted octanol–water partition coefficient (Wildman–Crippen LogP) is 1.57. The van der Waals surface area contributed by atoms with Crippen molar-refractivity contribution in [3.8, 4) is 0 Å². The Balaban J connectivity index is 3.21. The molecule has 0 spiro atoms. The van der Waals surface area contributed by atoms with E-state index in [-0.39, 0.29) is 23.0 Å². The first-order valence-electron chi connectivity index (χ1n) is 4.51. The van der Waals surface area contributed by atoms with Crippen molar-refractivity contribution in [2.75, 3.05) is 20.1 Å². The normalized spacial score (nSPS) is 12.1. The Morgan fingerprint density at radius 1 is 1.38 bits per heavy atom.